The zero-order chi connectivity index (χ0) is 8.69. The molecule has 68 valence electrons. The van der Waals surface area contributed by atoms with Gasteiger partial charge in [-0.05, 0) is 12.2 Å². The molecule has 0 aliphatic rings. The third kappa shape index (κ3) is 6.50. The molecule has 0 saturated heterocycles. The molecule has 0 aromatic rings. The Morgan fingerprint density at radius 3 is 1.67 bits per heavy atom. The summed E-state index contributed by atoms with van der Waals surface area (Å²) in [5.41, 5.74) is 0. The van der Waals surface area contributed by atoms with Crippen LogP contribution in [0.5, 0.6) is 0 Å². The van der Waals surface area contributed by atoms with Crippen molar-refractivity contribution in [2.45, 2.75) is 0 Å². The molecule has 0 aliphatic heterocycles. The van der Waals surface area contributed by atoms with Gasteiger partial charge >= 0.3 is 0 Å². The predicted molar refractivity (Wildman–Crippen MR) is 45.2 cm³/mol. The zero-order valence-electron chi connectivity index (χ0n) is 6.59. The lowest BCUT2D eigenvalue weighted by molar-refractivity contribution is -0.118. The Morgan fingerprint density at radius 1 is 1.08 bits per heavy atom. The van der Waals surface area contributed by atoms with Crippen LogP contribution in [0.15, 0.2) is 25.3 Å². The molecule has 0 atom stereocenters. The highest BCUT2D eigenvalue weighted by molar-refractivity contribution is 5.89. The summed E-state index contributed by atoms with van der Waals surface area (Å²) >= 11 is 0. The van der Waals surface area contributed by atoms with Gasteiger partial charge in [-0.3, -0.25) is 9.59 Å². The number of nitrogens with one attached hydrogen (secondary N) is 2. The Kier molecular flexibility index (Phi) is 8.11. The van der Waals surface area contributed by atoms with Crippen molar-refractivity contribution >= 4 is 11.8 Å². The van der Waals surface area contributed by atoms with E-state index in [-0.39, 0.29) is 24.0 Å². The van der Waals surface area contributed by atoms with Crippen molar-refractivity contribution in [3.05, 3.63) is 25.3 Å². The molecule has 0 aromatic heterocycles. The third-order valence-corrected chi connectivity index (χ3v) is 0.896. The summed E-state index contributed by atoms with van der Waals surface area (Å²) in [6.07, 6.45) is 2.25. The maximum atomic E-state index is 10.5. The molecule has 0 heterocycles. The molecule has 0 aliphatic carbocycles. The fourth-order valence-corrected chi connectivity index (χ4v) is 0.363. The largest absolute Gasteiger partial charge is 0.412 e. The maximum absolute atomic E-state index is 10.5. The van der Waals surface area contributed by atoms with Crippen LogP contribution in [0.4, 0.5) is 0 Å². The summed E-state index contributed by atoms with van der Waals surface area (Å²) < 4.78 is 0. The first kappa shape index (κ1) is 13.0. The van der Waals surface area contributed by atoms with E-state index >= 15 is 0 Å². The predicted octanol–water partition coefficient (Wildman–Crippen LogP) is -1.28. The molecular formula is C7H12N2O3. The molecule has 0 saturated carbocycles. The van der Waals surface area contributed by atoms with E-state index in [0.717, 1.165) is 12.2 Å². The molecule has 0 spiro atoms. The molecule has 12 heavy (non-hydrogen) atoms. The summed E-state index contributed by atoms with van der Waals surface area (Å²) in [4.78, 5) is 21.0. The van der Waals surface area contributed by atoms with Gasteiger partial charge in [0.15, 0.2) is 0 Å². The maximum Gasteiger partial charge on any atom is 0.244 e. The van der Waals surface area contributed by atoms with Gasteiger partial charge in [0.25, 0.3) is 0 Å². The quantitative estimate of drug-likeness (QED) is 0.408. The smallest absolute Gasteiger partial charge is 0.244 e. The van der Waals surface area contributed by atoms with Crippen molar-refractivity contribution in [2.24, 2.45) is 0 Å². The van der Waals surface area contributed by atoms with E-state index in [1.54, 1.807) is 0 Å². The molecule has 4 N–H and O–H groups in total. The monoisotopic (exact) mass is 172 g/mol. The number of carbonyl (C=O) groups is 2. The van der Waals surface area contributed by atoms with Gasteiger partial charge in [-0.25, -0.2) is 0 Å². The first-order chi connectivity index (χ1) is 5.20. The van der Waals surface area contributed by atoms with Gasteiger partial charge in [0.1, 0.15) is 0 Å². The van der Waals surface area contributed by atoms with Crippen LogP contribution >= 0.6 is 0 Å². The van der Waals surface area contributed by atoms with E-state index in [0.29, 0.717) is 0 Å². The molecule has 0 rings (SSSR count). The molecule has 5 heteroatoms. The lowest BCUT2D eigenvalue weighted by atomic mass is 10.5. The highest BCUT2D eigenvalue weighted by atomic mass is 16.2. The van der Waals surface area contributed by atoms with Crippen molar-refractivity contribution in [3.8, 4) is 0 Å². The van der Waals surface area contributed by atoms with Crippen molar-refractivity contribution in [1.82, 2.24) is 10.6 Å². The molecular weight excluding hydrogens is 160 g/mol. The summed E-state index contributed by atoms with van der Waals surface area (Å²) in [5.74, 6) is -0.649. The van der Waals surface area contributed by atoms with E-state index in [9.17, 15) is 9.59 Å². The normalized spacial score (nSPS) is 7.33. The minimum atomic E-state index is -0.325. The highest BCUT2D eigenvalue weighted by Gasteiger charge is 1.93. The summed E-state index contributed by atoms with van der Waals surface area (Å²) in [6.45, 7) is 6.56. The average Bonchev–Trinajstić information content (AvgIpc) is 2.04. The minimum absolute atomic E-state index is 0. The molecule has 0 aromatic carbocycles. The highest BCUT2D eigenvalue weighted by Crippen LogP contribution is 1.65. The van der Waals surface area contributed by atoms with Crippen LogP contribution in [-0.2, 0) is 9.59 Å². The Hall–Kier alpha value is -1.62. The topological polar surface area (TPSA) is 89.7 Å². The van der Waals surface area contributed by atoms with Gasteiger partial charge in [-0.15, -0.1) is 0 Å². The molecule has 0 unspecified atom stereocenters. The van der Waals surface area contributed by atoms with E-state index < -0.39 is 0 Å². The Morgan fingerprint density at radius 2 is 1.42 bits per heavy atom. The third-order valence-electron chi connectivity index (χ3n) is 0.896. The number of hydrogen-bond donors (Lipinski definition) is 2. The fraction of sp³-hybridized carbons (Fsp3) is 0.143. The lowest BCUT2D eigenvalue weighted by Gasteiger charge is -2.01. The second-order valence-electron chi connectivity index (χ2n) is 1.67. The van der Waals surface area contributed by atoms with Gasteiger partial charge in [-0.2, -0.15) is 0 Å². The Balaban J connectivity index is 0. The number of rotatable bonds is 4. The first-order valence-corrected chi connectivity index (χ1v) is 3.01. The number of hydrogen-bond acceptors (Lipinski definition) is 2. The molecule has 2 amide bonds. The molecule has 0 fully saturated rings. The lowest BCUT2D eigenvalue weighted by Crippen LogP contribution is -2.35. The second kappa shape index (κ2) is 7.49. The van der Waals surface area contributed by atoms with Crippen molar-refractivity contribution in [2.75, 3.05) is 6.67 Å². The Labute approximate surface area is 70.5 Å². The van der Waals surface area contributed by atoms with Crippen molar-refractivity contribution < 1.29 is 15.1 Å². The van der Waals surface area contributed by atoms with Gasteiger partial charge in [0.2, 0.25) is 11.8 Å². The first-order valence-electron chi connectivity index (χ1n) is 3.01. The minimum Gasteiger partial charge on any atom is -0.412 e. The molecule has 0 radical (unpaired) electrons. The molecule has 0 bridgehead atoms. The van der Waals surface area contributed by atoms with Gasteiger partial charge in [0, 0.05) is 0 Å². The van der Waals surface area contributed by atoms with Crippen LogP contribution in [0.1, 0.15) is 0 Å². The van der Waals surface area contributed by atoms with E-state index in [1.807, 2.05) is 0 Å². The standard InChI is InChI=1S/C7H10N2O2.H2O/c1-3-6(10)8-5-9-7(11)4-2;/h3-4H,1-2,5H2,(H,8,10)(H,9,11);1H2. The number of amides is 2. The van der Waals surface area contributed by atoms with Crippen LogP contribution in [0.3, 0.4) is 0 Å². The second-order valence-corrected chi connectivity index (χ2v) is 1.67. The zero-order valence-corrected chi connectivity index (χ0v) is 6.59. The average molecular weight is 172 g/mol. The van der Waals surface area contributed by atoms with Crippen molar-refractivity contribution in [3.63, 3.8) is 0 Å². The van der Waals surface area contributed by atoms with Gasteiger partial charge in [0.05, 0.1) is 6.67 Å². The van der Waals surface area contributed by atoms with Crippen LogP contribution in [0.2, 0.25) is 0 Å². The van der Waals surface area contributed by atoms with Crippen molar-refractivity contribution in [1.29, 1.82) is 0 Å². The van der Waals surface area contributed by atoms with Gasteiger partial charge in [-0.1, -0.05) is 13.2 Å². The molecule has 5 nitrogen and oxygen atoms in total. The van der Waals surface area contributed by atoms with E-state index in [2.05, 4.69) is 23.8 Å². The SMILES string of the molecule is C=CC(=O)NCNC(=O)C=C.O. The van der Waals surface area contributed by atoms with Crippen LogP contribution in [0, 0.1) is 0 Å². The Bertz CT molecular complexity index is 169. The summed E-state index contributed by atoms with van der Waals surface area (Å²) in [6, 6.07) is 0. The van der Waals surface area contributed by atoms with E-state index in [4.69, 9.17) is 0 Å². The van der Waals surface area contributed by atoms with Crippen LogP contribution in [0.25, 0.3) is 0 Å². The fourth-order valence-electron chi connectivity index (χ4n) is 0.363. The van der Waals surface area contributed by atoms with E-state index in [1.165, 1.54) is 0 Å². The van der Waals surface area contributed by atoms with Crippen LogP contribution in [-0.4, -0.2) is 24.0 Å². The summed E-state index contributed by atoms with van der Waals surface area (Å²) in [5, 5.41) is 4.72. The van der Waals surface area contributed by atoms with Gasteiger partial charge < -0.3 is 16.1 Å². The summed E-state index contributed by atoms with van der Waals surface area (Å²) in [7, 11) is 0. The number of carbonyl (C=O) groups excluding carboxylic acids is 2. The van der Waals surface area contributed by atoms with Crippen LogP contribution < -0.4 is 10.6 Å².